The smallest absolute Gasteiger partial charge is 0.265 e. The highest BCUT2D eigenvalue weighted by molar-refractivity contribution is 7.14. The summed E-state index contributed by atoms with van der Waals surface area (Å²) in [5.41, 5.74) is 3.09. The minimum absolute atomic E-state index is 0.0658. The van der Waals surface area contributed by atoms with Crippen LogP contribution in [0.15, 0.2) is 30.3 Å². The van der Waals surface area contributed by atoms with E-state index in [0.717, 1.165) is 29.1 Å². The Labute approximate surface area is 159 Å². The van der Waals surface area contributed by atoms with Gasteiger partial charge in [-0.3, -0.25) is 9.59 Å². The molecule has 5 heteroatoms. The molecule has 0 saturated carbocycles. The predicted octanol–water partition coefficient (Wildman–Crippen LogP) is 5.11. The second kappa shape index (κ2) is 7.23. The molecular formula is C21H26N2O2S. The Balaban J connectivity index is 1.68. The lowest BCUT2D eigenvalue weighted by Crippen LogP contribution is -2.26. The fraction of sp³-hybridized carbons (Fsp3) is 0.429. The van der Waals surface area contributed by atoms with Gasteiger partial charge >= 0.3 is 0 Å². The zero-order chi connectivity index (χ0) is 18.9. The lowest BCUT2D eigenvalue weighted by Gasteiger charge is -2.33. The van der Waals surface area contributed by atoms with E-state index in [1.807, 2.05) is 0 Å². The fourth-order valence-electron chi connectivity index (χ4n) is 3.41. The van der Waals surface area contributed by atoms with Gasteiger partial charge in [0.1, 0.15) is 0 Å². The molecule has 0 fully saturated rings. The summed E-state index contributed by atoms with van der Waals surface area (Å²) >= 11 is 1.62. The molecule has 1 atom stereocenters. The van der Waals surface area contributed by atoms with Crippen LogP contribution in [0.4, 0.5) is 11.4 Å². The summed E-state index contributed by atoms with van der Waals surface area (Å²) in [7, 11) is 0. The summed E-state index contributed by atoms with van der Waals surface area (Å²) in [6.07, 6.45) is 3.33. The third-order valence-electron chi connectivity index (χ3n) is 4.99. The first-order valence-corrected chi connectivity index (χ1v) is 9.84. The largest absolute Gasteiger partial charge is 0.326 e. The number of carbonyl (C=O) groups is 2. The van der Waals surface area contributed by atoms with Crippen LogP contribution in [0.2, 0.25) is 0 Å². The maximum atomic E-state index is 12.6. The molecular weight excluding hydrogens is 344 g/mol. The van der Waals surface area contributed by atoms with Crippen molar-refractivity contribution >= 4 is 34.5 Å². The number of hydrogen-bond donors (Lipinski definition) is 2. The molecule has 0 aliphatic heterocycles. The van der Waals surface area contributed by atoms with Crippen LogP contribution in [0.25, 0.3) is 0 Å². The predicted molar refractivity (Wildman–Crippen MR) is 108 cm³/mol. The first-order chi connectivity index (χ1) is 12.2. The Kier molecular flexibility index (Phi) is 5.19. The molecule has 0 bridgehead atoms. The molecule has 0 saturated heterocycles. The highest BCUT2D eigenvalue weighted by atomic mass is 32.1. The third-order valence-corrected chi connectivity index (χ3v) is 6.23. The standard InChI is InChI=1S/C21H26N2O2S/c1-13(24)22-16-6-8-17(9-7-16)23-20(25)19-12-14-11-15(21(2,3)4)5-10-18(14)26-19/h6-9,12,15H,5,10-11H2,1-4H3,(H,22,24)(H,23,25). The van der Waals surface area contributed by atoms with Crippen molar-refractivity contribution in [2.75, 3.05) is 10.6 Å². The third kappa shape index (κ3) is 4.33. The second-order valence-electron chi connectivity index (χ2n) is 8.08. The van der Waals surface area contributed by atoms with Crippen LogP contribution in [0, 0.1) is 11.3 Å². The van der Waals surface area contributed by atoms with Gasteiger partial charge in [-0.2, -0.15) is 0 Å². The molecule has 2 amide bonds. The normalized spacial score (nSPS) is 16.7. The van der Waals surface area contributed by atoms with E-state index in [-0.39, 0.29) is 11.8 Å². The van der Waals surface area contributed by atoms with Crippen LogP contribution < -0.4 is 10.6 Å². The van der Waals surface area contributed by atoms with Crippen molar-refractivity contribution in [1.29, 1.82) is 0 Å². The number of hydrogen-bond acceptors (Lipinski definition) is 3. The van der Waals surface area contributed by atoms with E-state index in [4.69, 9.17) is 0 Å². The van der Waals surface area contributed by atoms with Gasteiger partial charge in [0.25, 0.3) is 5.91 Å². The summed E-state index contributed by atoms with van der Waals surface area (Å²) in [4.78, 5) is 25.8. The van der Waals surface area contributed by atoms with E-state index in [2.05, 4.69) is 37.5 Å². The molecule has 4 nitrogen and oxygen atoms in total. The average molecular weight is 371 g/mol. The summed E-state index contributed by atoms with van der Waals surface area (Å²) in [6, 6.07) is 9.23. The molecule has 0 spiro atoms. The van der Waals surface area contributed by atoms with E-state index in [9.17, 15) is 9.59 Å². The lowest BCUT2D eigenvalue weighted by atomic mass is 9.72. The number of benzene rings is 1. The van der Waals surface area contributed by atoms with E-state index < -0.39 is 0 Å². The van der Waals surface area contributed by atoms with Gasteiger partial charge in [-0.25, -0.2) is 0 Å². The van der Waals surface area contributed by atoms with Gasteiger partial charge in [-0.15, -0.1) is 11.3 Å². The number of aryl methyl sites for hydroxylation is 1. The molecule has 1 aliphatic carbocycles. The Bertz CT molecular complexity index is 816. The first-order valence-electron chi connectivity index (χ1n) is 9.03. The second-order valence-corrected chi connectivity index (χ2v) is 9.21. The Morgan fingerprint density at radius 2 is 1.69 bits per heavy atom. The highest BCUT2D eigenvalue weighted by Gasteiger charge is 2.30. The van der Waals surface area contributed by atoms with Gasteiger partial charge in [0.05, 0.1) is 4.88 Å². The zero-order valence-corrected chi connectivity index (χ0v) is 16.6. The Morgan fingerprint density at radius 1 is 1.08 bits per heavy atom. The number of fused-ring (bicyclic) bond motifs is 1. The van der Waals surface area contributed by atoms with Crippen molar-refractivity contribution in [3.63, 3.8) is 0 Å². The quantitative estimate of drug-likeness (QED) is 0.789. The number of amides is 2. The van der Waals surface area contributed by atoms with E-state index in [1.165, 1.54) is 23.8 Å². The molecule has 2 aromatic rings. The summed E-state index contributed by atoms with van der Waals surface area (Å²) in [5.74, 6) is 0.491. The van der Waals surface area contributed by atoms with Crippen molar-refractivity contribution < 1.29 is 9.59 Å². The SMILES string of the molecule is CC(=O)Nc1ccc(NC(=O)c2cc3c(s2)CCC(C(C)(C)C)C3)cc1. The van der Waals surface area contributed by atoms with Gasteiger partial charge in [0.2, 0.25) is 5.91 Å². The number of anilines is 2. The minimum Gasteiger partial charge on any atom is -0.326 e. The molecule has 1 aromatic carbocycles. The van der Waals surface area contributed by atoms with Gasteiger partial charge < -0.3 is 10.6 Å². The van der Waals surface area contributed by atoms with Gasteiger partial charge in [0.15, 0.2) is 0 Å². The lowest BCUT2D eigenvalue weighted by molar-refractivity contribution is -0.114. The Hall–Kier alpha value is -2.14. The molecule has 3 rings (SSSR count). The van der Waals surface area contributed by atoms with Gasteiger partial charge in [-0.05, 0) is 66.5 Å². The molecule has 0 radical (unpaired) electrons. The van der Waals surface area contributed by atoms with E-state index >= 15 is 0 Å². The fourth-order valence-corrected chi connectivity index (χ4v) is 4.51. The molecule has 1 aliphatic rings. The van der Waals surface area contributed by atoms with Crippen molar-refractivity contribution in [3.8, 4) is 0 Å². The van der Waals surface area contributed by atoms with Crippen LogP contribution in [-0.2, 0) is 17.6 Å². The average Bonchev–Trinajstić information content (AvgIpc) is 2.98. The van der Waals surface area contributed by atoms with Gasteiger partial charge in [0, 0.05) is 23.2 Å². The number of nitrogens with one attached hydrogen (secondary N) is 2. The van der Waals surface area contributed by atoms with Crippen molar-refractivity contribution in [2.45, 2.75) is 47.0 Å². The van der Waals surface area contributed by atoms with Gasteiger partial charge in [-0.1, -0.05) is 20.8 Å². The number of carbonyl (C=O) groups excluding carboxylic acids is 2. The van der Waals surface area contributed by atoms with E-state index in [0.29, 0.717) is 11.3 Å². The van der Waals surface area contributed by atoms with Crippen molar-refractivity contribution in [2.24, 2.45) is 11.3 Å². The van der Waals surface area contributed by atoms with Crippen molar-refractivity contribution in [1.82, 2.24) is 0 Å². The zero-order valence-electron chi connectivity index (χ0n) is 15.8. The molecule has 1 unspecified atom stereocenters. The highest BCUT2D eigenvalue weighted by Crippen LogP contribution is 2.40. The van der Waals surface area contributed by atoms with E-state index in [1.54, 1.807) is 35.6 Å². The molecule has 1 aromatic heterocycles. The van der Waals surface area contributed by atoms with Crippen molar-refractivity contribution in [3.05, 3.63) is 45.6 Å². The number of rotatable bonds is 3. The van der Waals surface area contributed by atoms with Crippen LogP contribution in [0.5, 0.6) is 0 Å². The summed E-state index contributed by atoms with van der Waals surface area (Å²) in [5, 5.41) is 5.66. The molecule has 138 valence electrons. The van der Waals surface area contributed by atoms with Crippen LogP contribution in [-0.4, -0.2) is 11.8 Å². The summed E-state index contributed by atoms with van der Waals surface area (Å²) < 4.78 is 0. The number of thiophene rings is 1. The molecule has 2 N–H and O–H groups in total. The molecule has 1 heterocycles. The molecule has 26 heavy (non-hydrogen) atoms. The summed E-state index contributed by atoms with van der Waals surface area (Å²) in [6.45, 7) is 8.37. The minimum atomic E-state index is -0.112. The maximum Gasteiger partial charge on any atom is 0.265 e. The topological polar surface area (TPSA) is 58.2 Å². The van der Waals surface area contributed by atoms with Crippen LogP contribution >= 0.6 is 11.3 Å². The van der Waals surface area contributed by atoms with Crippen LogP contribution in [0.1, 0.15) is 54.2 Å². The Morgan fingerprint density at radius 3 is 2.27 bits per heavy atom. The van der Waals surface area contributed by atoms with Crippen LogP contribution in [0.3, 0.4) is 0 Å². The monoisotopic (exact) mass is 370 g/mol. The maximum absolute atomic E-state index is 12.6. The first kappa shape index (κ1) is 18.6.